The van der Waals surface area contributed by atoms with Crippen LogP contribution in [0.25, 0.3) is 0 Å². The highest BCUT2D eigenvalue weighted by molar-refractivity contribution is 7.86. The largest absolute Gasteiger partial charge is 0.382 e. The van der Waals surface area contributed by atoms with E-state index in [0.717, 1.165) is 5.56 Å². The van der Waals surface area contributed by atoms with Crippen molar-refractivity contribution in [2.24, 2.45) is 0 Å². The monoisotopic (exact) mass is 357 g/mol. The molecule has 0 aliphatic carbocycles. The zero-order valence-electron chi connectivity index (χ0n) is 14.0. The van der Waals surface area contributed by atoms with Crippen LogP contribution in [-0.2, 0) is 21.3 Å². The van der Waals surface area contributed by atoms with E-state index in [1.807, 2.05) is 30.3 Å². The summed E-state index contributed by atoms with van der Waals surface area (Å²) < 4.78 is 33.9. The van der Waals surface area contributed by atoms with E-state index < -0.39 is 10.1 Å². The van der Waals surface area contributed by atoms with Crippen LogP contribution in [0.15, 0.2) is 71.4 Å². The van der Waals surface area contributed by atoms with Crippen molar-refractivity contribution in [2.75, 3.05) is 0 Å². The molecule has 3 aromatic rings. The molecule has 1 heterocycles. The van der Waals surface area contributed by atoms with Crippen molar-refractivity contribution in [3.05, 3.63) is 83.7 Å². The lowest BCUT2D eigenvalue weighted by atomic mass is 9.78. The Hall–Kier alpha value is -2.60. The zero-order chi connectivity index (χ0) is 17.9. The molecule has 1 aromatic heterocycles. The van der Waals surface area contributed by atoms with Gasteiger partial charge in [0, 0.05) is 11.5 Å². The Morgan fingerprint density at radius 1 is 0.960 bits per heavy atom. The van der Waals surface area contributed by atoms with E-state index in [0.29, 0.717) is 5.69 Å². The summed E-state index contributed by atoms with van der Waals surface area (Å²) in [5.74, 6) is -0.0584. The summed E-state index contributed by atoms with van der Waals surface area (Å²) in [4.78, 5) is 0. The highest BCUT2D eigenvalue weighted by Gasteiger charge is 2.23. The minimum absolute atomic E-state index is 0.195. The number of nitrogens with zero attached hydrogens (tertiary/aromatic N) is 1. The summed E-state index contributed by atoms with van der Waals surface area (Å²) in [5.41, 5.74) is 2.36. The Morgan fingerprint density at radius 3 is 2.20 bits per heavy atom. The minimum Gasteiger partial charge on any atom is -0.382 e. The molecule has 0 unspecified atom stereocenters. The second kappa shape index (κ2) is 6.72. The SMILES string of the molecule is CC(C)(c1ccccc1)c1ccc(OS(=O)(=O)Cc2ccon2)cc1. The maximum absolute atomic E-state index is 12.1. The van der Waals surface area contributed by atoms with Gasteiger partial charge in [-0.1, -0.05) is 61.5 Å². The average Bonchev–Trinajstić information content (AvgIpc) is 3.08. The second-order valence-electron chi connectivity index (χ2n) is 6.29. The summed E-state index contributed by atoms with van der Waals surface area (Å²) in [6, 6.07) is 18.7. The second-order valence-corrected chi connectivity index (χ2v) is 7.86. The van der Waals surface area contributed by atoms with Gasteiger partial charge in [-0.2, -0.15) is 8.42 Å². The van der Waals surface area contributed by atoms with E-state index in [-0.39, 0.29) is 16.9 Å². The molecule has 0 aliphatic rings. The molecule has 6 heteroatoms. The van der Waals surface area contributed by atoms with Crippen LogP contribution < -0.4 is 4.18 Å². The molecule has 0 N–H and O–H groups in total. The van der Waals surface area contributed by atoms with Gasteiger partial charge in [0.15, 0.2) is 0 Å². The highest BCUT2D eigenvalue weighted by atomic mass is 32.2. The molecule has 0 amide bonds. The van der Waals surface area contributed by atoms with E-state index in [2.05, 4.69) is 35.7 Å². The van der Waals surface area contributed by atoms with Crippen LogP contribution in [0.2, 0.25) is 0 Å². The zero-order valence-corrected chi connectivity index (χ0v) is 14.9. The standard InChI is InChI=1S/C19H19NO4S/c1-19(2,15-6-4-3-5-7-15)16-8-10-18(11-9-16)24-25(21,22)14-17-12-13-23-20-17/h3-13H,14H2,1-2H3. The molecule has 0 fully saturated rings. The van der Waals surface area contributed by atoms with Gasteiger partial charge in [0.05, 0.1) is 0 Å². The van der Waals surface area contributed by atoms with Crippen LogP contribution in [0.5, 0.6) is 5.75 Å². The van der Waals surface area contributed by atoms with Crippen molar-refractivity contribution in [1.29, 1.82) is 0 Å². The number of aromatic nitrogens is 1. The molecule has 0 saturated heterocycles. The molecular weight excluding hydrogens is 338 g/mol. The number of rotatable bonds is 6. The summed E-state index contributed by atoms with van der Waals surface area (Å²) in [7, 11) is -3.78. The Kier molecular flexibility index (Phi) is 4.63. The van der Waals surface area contributed by atoms with Crippen molar-refractivity contribution in [3.8, 4) is 5.75 Å². The smallest absolute Gasteiger partial charge is 0.315 e. The van der Waals surface area contributed by atoms with Gasteiger partial charge < -0.3 is 8.71 Å². The fraction of sp³-hybridized carbons (Fsp3) is 0.211. The van der Waals surface area contributed by atoms with E-state index >= 15 is 0 Å². The highest BCUT2D eigenvalue weighted by Crippen LogP contribution is 2.32. The predicted molar refractivity (Wildman–Crippen MR) is 94.8 cm³/mol. The van der Waals surface area contributed by atoms with Gasteiger partial charge in [0.25, 0.3) is 0 Å². The van der Waals surface area contributed by atoms with E-state index in [9.17, 15) is 8.42 Å². The van der Waals surface area contributed by atoms with Crippen molar-refractivity contribution in [3.63, 3.8) is 0 Å². The van der Waals surface area contributed by atoms with Crippen LogP contribution in [0, 0.1) is 0 Å². The first-order chi connectivity index (χ1) is 11.9. The molecule has 5 nitrogen and oxygen atoms in total. The molecule has 25 heavy (non-hydrogen) atoms. The third-order valence-corrected chi connectivity index (χ3v) is 5.21. The van der Waals surface area contributed by atoms with E-state index in [4.69, 9.17) is 4.18 Å². The number of hydrogen-bond acceptors (Lipinski definition) is 5. The average molecular weight is 357 g/mol. The summed E-state index contributed by atoms with van der Waals surface area (Å²) >= 11 is 0. The van der Waals surface area contributed by atoms with Crippen LogP contribution in [-0.4, -0.2) is 13.6 Å². The van der Waals surface area contributed by atoms with E-state index in [1.165, 1.54) is 17.9 Å². The predicted octanol–water partition coefficient (Wildman–Crippen LogP) is 3.91. The Labute approximate surface area is 147 Å². The Morgan fingerprint density at radius 2 is 1.60 bits per heavy atom. The maximum atomic E-state index is 12.1. The maximum Gasteiger partial charge on any atom is 0.315 e. The first-order valence-corrected chi connectivity index (χ1v) is 9.42. The van der Waals surface area contributed by atoms with Crippen LogP contribution in [0.3, 0.4) is 0 Å². The molecule has 0 atom stereocenters. The minimum atomic E-state index is -3.78. The molecule has 130 valence electrons. The normalized spacial score (nSPS) is 12.1. The third kappa shape index (κ3) is 4.09. The molecule has 0 aliphatic heterocycles. The topological polar surface area (TPSA) is 69.4 Å². The van der Waals surface area contributed by atoms with Gasteiger partial charge >= 0.3 is 10.1 Å². The van der Waals surface area contributed by atoms with Gasteiger partial charge in [-0.3, -0.25) is 0 Å². The van der Waals surface area contributed by atoms with Crippen molar-refractivity contribution >= 4 is 10.1 Å². The lowest BCUT2D eigenvalue weighted by Gasteiger charge is -2.26. The Bertz CT molecular complexity index is 915. The van der Waals surface area contributed by atoms with Crippen LogP contribution in [0.1, 0.15) is 30.7 Å². The lowest BCUT2D eigenvalue weighted by Crippen LogP contribution is -2.18. The van der Waals surface area contributed by atoms with Gasteiger partial charge in [-0.05, 0) is 23.3 Å². The first-order valence-electron chi connectivity index (χ1n) is 7.84. The molecule has 0 saturated carbocycles. The summed E-state index contributed by atoms with van der Waals surface area (Å²) in [6.07, 6.45) is 1.32. The van der Waals surface area contributed by atoms with Gasteiger partial charge in [0.2, 0.25) is 0 Å². The third-order valence-electron chi connectivity index (χ3n) is 4.11. The fourth-order valence-corrected chi connectivity index (χ4v) is 3.59. The quantitative estimate of drug-likeness (QED) is 0.626. The van der Waals surface area contributed by atoms with Gasteiger partial charge in [-0.25, -0.2) is 0 Å². The molecule has 0 bridgehead atoms. The van der Waals surface area contributed by atoms with Crippen molar-refractivity contribution in [1.82, 2.24) is 5.16 Å². The first kappa shape index (κ1) is 17.2. The lowest BCUT2D eigenvalue weighted by molar-refractivity contribution is 0.412. The summed E-state index contributed by atoms with van der Waals surface area (Å²) in [6.45, 7) is 4.25. The van der Waals surface area contributed by atoms with E-state index in [1.54, 1.807) is 12.1 Å². The van der Waals surface area contributed by atoms with Gasteiger partial charge in [-0.15, -0.1) is 0 Å². The molecule has 0 radical (unpaired) electrons. The fourth-order valence-electron chi connectivity index (χ4n) is 2.62. The van der Waals surface area contributed by atoms with Crippen molar-refractivity contribution < 1.29 is 17.1 Å². The molecule has 2 aromatic carbocycles. The molecular formula is C19H19NO4S. The number of hydrogen-bond donors (Lipinski definition) is 0. The van der Waals surface area contributed by atoms with Gasteiger partial charge in [0.1, 0.15) is 23.5 Å². The Balaban J connectivity index is 1.76. The van der Waals surface area contributed by atoms with Crippen LogP contribution >= 0.6 is 0 Å². The molecule has 0 spiro atoms. The van der Waals surface area contributed by atoms with Crippen LogP contribution in [0.4, 0.5) is 0 Å². The number of benzene rings is 2. The van der Waals surface area contributed by atoms with Crippen molar-refractivity contribution in [2.45, 2.75) is 25.0 Å². The molecule has 3 rings (SSSR count). The summed E-state index contributed by atoms with van der Waals surface area (Å²) in [5, 5.41) is 3.59.